The van der Waals surface area contributed by atoms with Gasteiger partial charge in [0.1, 0.15) is 0 Å². The molecule has 0 saturated carbocycles. The second-order valence-electron chi connectivity index (χ2n) is 5.86. The highest BCUT2D eigenvalue weighted by Gasteiger charge is 2.77. The van der Waals surface area contributed by atoms with Gasteiger partial charge in [0.05, 0.1) is 5.92 Å². The predicted molar refractivity (Wildman–Crippen MR) is 68.2 cm³/mol. The first-order valence-electron chi connectivity index (χ1n) is 6.42. The van der Waals surface area contributed by atoms with Crippen molar-refractivity contribution in [3.63, 3.8) is 0 Å². The van der Waals surface area contributed by atoms with E-state index in [9.17, 15) is 9.59 Å². The summed E-state index contributed by atoms with van der Waals surface area (Å²) in [6.07, 6.45) is 0.531. The van der Waals surface area contributed by atoms with Gasteiger partial charge in [0.15, 0.2) is 11.1 Å². The van der Waals surface area contributed by atoms with Crippen molar-refractivity contribution >= 4 is 23.5 Å². The monoisotopic (exact) mass is 273 g/mol. The summed E-state index contributed by atoms with van der Waals surface area (Å²) in [7, 11) is 0. The van der Waals surface area contributed by atoms with E-state index < -0.39 is 11.1 Å². The van der Waals surface area contributed by atoms with Crippen LogP contribution in [0.3, 0.4) is 0 Å². The number of hydrogen-bond donors (Lipinski definition) is 1. The number of carbonyl (C=O) groups excluding carboxylic acids is 2. The summed E-state index contributed by atoms with van der Waals surface area (Å²) in [6, 6.07) is 0. The third kappa shape index (κ3) is 1.38. The summed E-state index contributed by atoms with van der Waals surface area (Å²) in [6.45, 7) is 7.94. The highest BCUT2D eigenvalue weighted by atomic mass is 35.5. The Morgan fingerprint density at radius 3 is 2.44 bits per heavy atom. The molecule has 2 heterocycles. The van der Waals surface area contributed by atoms with Crippen LogP contribution in [-0.2, 0) is 14.3 Å². The maximum absolute atomic E-state index is 12.1. The van der Waals surface area contributed by atoms with Crippen LogP contribution < -0.4 is 5.32 Å². The summed E-state index contributed by atoms with van der Waals surface area (Å²) in [4.78, 5) is 24.1. The lowest BCUT2D eigenvalue weighted by Gasteiger charge is -2.55. The van der Waals surface area contributed by atoms with Crippen LogP contribution in [0, 0.1) is 17.8 Å². The smallest absolute Gasteiger partial charge is 0.337 e. The van der Waals surface area contributed by atoms with E-state index in [1.54, 1.807) is 0 Å². The minimum atomic E-state index is -0.866. The number of fused-ring (bicyclic) bond motifs is 1. The molecule has 0 aliphatic carbocycles. The molecule has 0 bridgehead atoms. The molecule has 0 aromatic heterocycles. The molecule has 0 aromatic carbocycles. The van der Waals surface area contributed by atoms with Crippen molar-refractivity contribution in [2.24, 2.45) is 17.8 Å². The quantitative estimate of drug-likeness (QED) is 0.627. The number of amides is 1. The average molecular weight is 274 g/mol. The predicted octanol–water partition coefficient (Wildman–Crippen LogP) is 1.71. The third-order valence-electron chi connectivity index (χ3n) is 4.79. The average Bonchev–Trinajstić information content (AvgIpc) is 2.46. The van der Waals surface area contributed by atoms with Crippen molar-refractivity contribution in [3.05, 3.63) is 0 Å². The van der Waals surface area contributed by atoms with Crippen LogP contribution >= 0.6 is 11.6 Å². The SMILES string of the molecule is CC(C)[C@H](C)[C@@]12NC(=O)[C@H](CCCl)[C@]1(C)OC2=O. The molecule has 5 heteroatoms. The first-order chi connectivity index (χ1) is 8.31. The van der Waals surface area contributed by atoms with Gasteiger partial charge >= 0.3 is 5.97 Å². The molecule has 0 radical (unpaired) electrons. The largest absolute Gasteiger partial charge is 0.453 e. The van der Waals surface area contributed by atoms with E-state index in [1.165, 1.54) is 0 Å². The fraction of sp³-hybridized carbons (Fsp3) is 0.846. The molecule has 4 atom stereocenters. The molecule has 4 nitrogen and oxygen atoms in total. The molecule has 2 aliphatic heterocycles. The topological polar surface area (TPSA) is 55.4 Å². The van der Waals surface area contributed by atoms with Crippen LogP contribution in [0.5, 0.6) is 0 Å². The molecule has 18 heavy (non-hydrogen) atoms. The number of hydrogen-bond acceptors (Lipinski definition) is 3. The van der Waals surface area contributed by atoms with Crippen LogP contribution in [0.25, 0.3) is 0 Å². The van der Waals surface area contributed by atoms with Gasteiger partial charge in [-0.2, -0.15) is 0 Å². The van der Waals surface area contributed by atoms with Crippen LogP contribution in [0.2, 0.25) is 0 Å². The van der Waals surface area contributed by atoms with Gasteiger partial charge in [0.2, 0.25) is 5.91 Å². The number of nitrogens with one attached hydrogen (secondary N) is 1. The van der Waals surface area contributed by atoms with E-state index in [4.69, 9.17) is 16.3 Å². The molecule has 2 fully saturated rings. The van der Waals surface area contributed by atoms with Crippen LogP contribution in [0.1, 0.15) is 34.1 Å². The van der Waals surface area contributed by atoms with E-state index in [0.29, 0.717) is 12.3 Å². The molecule has 1 amide bonds. The van der Waals surface area contributed by atoms with Gasteiger partial charge in [-0.1, -0.05) is 20.8 Å². The van der Waals surface area contributed by atoms with Gasteiger partial charge in [-0.25, -0.2) is 4.79 Å². The number of alkyl halides is 1. The van der Waals surface area contributed by atoms with Crippen LogP contribution in [-0.4, -0.2) is 28.9 Å². The molecular weight excluding hydrogens is 254 g/mol. The van der Waals surface area contributed by atoms with Crippen molar-refractivity contribution < 1.29 is 14.3 Å². The molecule has 2 rings (SSSR count). The first-order valence-corrected chi connectivity index (χ1v) is 6.96. The Balaban J connectivity index is 2.40. The van der Waals surface area contributed by atoms with Crippen molar-refractivity contribution in [1.29, 1.82) is 0 Å². The van der Waals surface area contributed by atoms with E-state index in [2.05, 4.69) is 5.32 Å². The summed E-state index contributed by atoms with van der Waals surface area (Å²) in [5.41, 5.74) is -1.62. The molecule has 1 N–H and O–H groups in total. The Hall–Kier alpha value is -0.770. The summed E-state index contributed by atoms with van der Waals surface area (Å²) >= 11 is 5.75. The lowest BCUT2D eigenvalue weighted by molar-refractivity contribution is -0.230. The molecule has 102 valence electrons. The summed E-state index contributed by atoms with van der Waals surface area (Å²) in [5, 5.41) is 2.90. The molecule has 0 aromatic rings. The Kier molecular flexibility index (Phi) is 3.13. The Labute approximate surface area is 112 Å². The zero-order valence-corrected chi connectivity index (χ0v) is 12.0. The minimum Gasteiger partial charge on any atom is -0.453 e. The highest BCUT2D eigenvalue weighted by Crippen LogP contribution is 2.54. The van der Waals surface area contributed by atoms with Gasteiger partial charge in [-0.15, -0.1) is 11.6 Å². The number of esters is 1. The maximum Gasteiger partial charge on any atom is 0.337 e. The zero-order chi connectivity index (χ0) is 13.7. The second kappa shape index (κ2) is 4.12. The van der Waals surface area contributed by atoms with Gasteiger partial charge in [-0.05, 0) is 25.2 Å². The van der Waals surface area contributed by atoms with Gasteiger partial charge in [0.25, 0.3) is 0 Å². The minimum absolute atomic E-state index is 0.0352. The summed E-state index contributed by atoms with van der Waals surface area (Å²) in [5.74, 6) is -0.0561. The van der Waals surface area contributed by atoms with Gasteiger partial charge in [-0.3, -0.25) is 4.79 Å². The van der Waals surface area contributed by atoms with E-state index in [-0.39, 0.29) is 29.6 Å². The van der Waals surface area contributed by atoms with Crippen LogP contribution in [0.15, 0.2) is 0 Å². The Morgan fingerprint density at radius 1 is 1.39 bits per heavy atom. The van der Waals surface area contributed by atoms with E-state index >= 15 is 0 Å². The number of rotatable bonds is 4. The summed E-state index contributed by atoms with van der Waals surface area (Å²) < 4.78 is 5.38. The fourth-order valence-corrected chi connectivity index (χ4v) is 3.55. The normalized spacial score (nSPS) is 40.0. The third-order valence-corrected chi connectivity index (χ3v) is 5.01. The highest BCUT2D eigenvalue weighted by molar-refractivity contribution is 6.18. The number of ether oxygens (including phenoxy) is 1. The first kappa shape index (κ1) is 13.7. The molecule has 2 aliphatic rings. The molecular formula is C13H20ClNO3. The van der Waals surface area contributed by atoms with Crippen molar-refractivity contribution in [2.45, 2.75) is 45.3 Å². The second-order valence-corrected chi connectivity index (χ2v) is 6.23. The lowest BCUT2D eigenvalue weighted by atomic mass is 9.62. The van der Waals surface area contributed by atoms with Crippen molar-refractivity contribution in [3.8, 4) is 0 Å². The van der Waals surface area contributed by atoms with E-state index in [0.717, 1.165) is 0 Å². The fourth-order valence-electron chi connectivity index (χ4n) is 3.33. The molecule has 2 saturated heterocycles. The zero-order valence-electron chi connectivity index (χ0n) is 11.2. The molecule has 0 spiro atoms. The number of carbonyl (C=O) groups is 2. The van der Waals surface area contributed by atoms with Gasteiger partial charge in [0, 0.05) is 5.88 Å². The van der Waals surface area contributed by atoms with E-state index in [1.807, 2.05) is 27.7 Å². The lowest BCUT2D eigenvalue weighted by Crippen LogP contribution is -2.77. The van der Waals surface area contributed by atoms with Crippen molar-refractivity contribution in [1.82, 2.24) is 5.32 Å². The van der Waals surface area contributed by atoms with Gasteiger partial charge < -0.3 is 10.1 Å². The van der Waals surface area contributed by atoms with Crippen LogP contribution in [0.4, 0.5) is 0 Å². The van der Waals surface area contributed by atoms with Crippen molar-refractivity contribution in [2.75, 3.05) is 5.88 Å². The number of halogens is 1. The Morgan fingerprint density at radius 2 is 2.00 bits per heavy atom. The molecule has 0 unspecified atom stereocenters. The standard InChI is InChI=1S/C13H20ClNO3/c1-7(2)8(3)13-11(17)18-12(13,4)9(5-6-14)10(16)15-13/h7-9H,5-6H2,1-4H3,(H,15,16)/t8-,9-,12-,13-/m0/s1. The Bertz CT molecular complexity index is 398. The maximum atomic E-state index is 12.1.